The second kappa shape index (κ2) is 5.70. The van der Waals surface area contributed by atoms with Gasteiger partial charge in [-0.2, -0.15) is 0 Å². The van der Waals surface area contributed by atoms with Gasteiger partial charge in [0, 0.05) is 23.6 Å². The van der Waals surface area contributed by atoms with E-state index in [2.05, 4.69) is 17.2 Å². The topological polar surface area (TPSA) is 49.3 Å². The average Bonchev–Trinajstić information content (AvgIpc) is 3.15. The van der Waals surface area contributed by atoms with E-state index in [1.165, 1.54) is 0 Å². The van der Waals surface area contributed by atoms with Crippen molar-refractivity contribution in [1.82, 2.24) is 5.32 Å². The molecule has 0 bridgehead atoms. The molecule has 2 N–H and O–H groups in total. The number of benzene rings is 1. The molecular weight excluding hydrogens is 226 g/mol. The molecule has 1 saturated carbocycles. The molecule has 1 aliphatic rings. The van der Waals surface area contributed by atoms with Crippen LogP contribution >= 0.6 is 0 Å². The van der Waals surface area contributed by atoms with Gasteiger partial charge in [-0.1, -0.05) is 11.8 Å². The summed E-state index contributed by atoms with van der Waals surface area (Å²) in [7, 11) is 0. The summed E-state index contributed by atoms with van der Waals surface area (Å²) in [4.78, 5) is 11.8. The lowest BCUT2D eigenvalue weighted by atomic mass is 10.0. The van der Waals surface area contributed by atoms with Crippen LogP contribution in [0.5, 0.6) is 0 Å². The Morgan fingerprint density at radius 1 is 1.50 bits per heavy atom. The molecule has 0 radical (unpaired) electrons. The Bertz CT molecular complexity index is 507. The lowest BCUT2D eigenvalue weighted by molar-refractivity contribution is 0.0951. The van der Waals surface area contributed by atoms with Crippen molar-refractivity contribution in [2.45, 2.75) is 32.2 Å². The first kappa shape index (κ1) is 12.7. The molecule has 18 heavy (non-hydrogen) atoms. The minimum absolute atomic E-state index is 0.00420. The highest BCUT2D eigenvalue weighted by atomic mass is 16.2. The molecule has 2 rings (SSSR count). The van der Waals surface area contributed by atoms with E-state index in [0.29, 0.717) is 18.0 Å². The van der Waals surface area contributed by atoms with E-state index in [9.17, 15) is 4.79 Å². The summed E-state index contributed by atoms with van der Waals surface area (Å²) in [6.45, 7) is 2.02. The fraction of sp³-hybridized carbons (Fsp3) is 0.400. The second-order valence-electron chi connectivity index (χ2n) is 4.55. The Morgan fingerprint density at radius 3 is 2.89 bits per heavy atom. The van der Waals surface area contributed by atoms with Crippen LogP contribution in [0.3, 0.4) is 0 Å². The standard InChI is InChI=1S/C15H17NO2/c1-11-10-13(15(18)16-14-7-8-14)6-5-12(11)4-2-3-9-17/h5-6,10,14,17H,3,7-9H2,1H3,(H,16,18). The molecule has 0 aliphatic heterocycles. The zero-order valence-electron chi connectivity index (χ0n) is 10.5. The Labute approximate surface area is 107 Å². The quantitative estimate of drug-likeness (QED) is 0.793. The third-order valence-corrected chi connectivity index (χ3v) is 2.86. The summed E-state index contributed by atoms with van der Waals surface area (Å²) in [5.41, 5.74) is 2.59. The minimum Gasteiger partial charge on any atom is -0.395 e. The summed E-state index contributed by atoms with van der Waals surface area (Å²) >= 11 is 0. The van der Waals surface area contributed by atoms with Gasteiger partial charge >= 0.3 is 0 Å². The molecule has 1 fully saturated rings. The fourth-order valence-corrected chi connectivity index (χ4v) is 1.66. The zero-order chi connectivity index (χ0) is 13.0. The molecule has 0 aromatic heterocycles. The molecule has 94 valence electrons. The van der Waals surface area contributed by atoms with E-state index in [1.807, 2.05) is 19.1 Å². The van der Waals surface area contributed by atoms with Crippen molar-refractivity contribution in [3.63, 3.8) is 0 Å². The number of aliphatic hydroxyl groups is 1. The number of amides is 1. The Kier molecular flexibility index (Phi) is 4.01. The van der Waals surface area contributed by atoms with Crippen molar-refractivity contribution in [3.05, 3.63) is 34.9 Å². The number of carbonyl (C=O) groups excluding carboxylic acids is 1. The van der Waals surface area contributed by atoms with Crippen molar-refractivity contribution in [1.29, 1.82) is 0 Å². The highest BCUT2D eigenvalue weighted by Crippen LogP contribution is 2.19. The third-order valence-electron chi connectivity index (χ3n) is 2.86. The third kappa shape index (κ3) is 3.35. The number of hydrogen-bond acceptors (Lipinski definition) is 2. The van der Waals surface area contributed by atoms with Crippen LogP contribution in [0.4, 0.5) is 0 Å². The van der Waals surface area contributed by atoms with Crippen LogP contribution in [0.1, 0.15) is 40.7 Å². The van der Waals surface area contributed by atoms with Gasteiger partial charge in [-0.25, -0.2) is 0 Å². The average molecular weight is 243 g/mol. The number of carbonyl (C=O) groups is 1. The number of aryl methyl sites for hydroxylation is 1. The van der Waals surface area contributed by atoms with E-state index in [4.69, 9.17) is 5.11 Å². The summed E-state index contributed by atoms with van der Waals surface area (Å²) in [6.07, 6.45) is 2.66. The van der Waals surface area contributed by atoms with E-state index in [1.54, 1.807) is 6.07 Å². The highest BCUT2D eigenvalue weighted by molar-refractivity contribution is 5.94. The largest absolute Gasteiger partial charge is 0.395 e. The molecule has 0 spiro atoms. The van der Waals surface area contributed by atoms with Crippen molar-refractivity contribution in [2.24, 2.45) is 0 Å². The first-order chi connectivity index (χ1) is 8.70. The number of nitrogens with one attached hydrogen (secondary N) is 1. The molecule has 0 atom stereocenters. The Morgan fingerprint density at radius 2 is 2.28 bits per heavy atom. The molecular formula is C15H17NO2. The predicted octanol–water partition coefficient (Wildman–Crippen LogP) is 1.62. The molecule has 0 unspecified atom stereocenters. The highest BCUT2D eigenvalue weighted by Gasteiger charge is 2.23. The first-order valence-corrected chi connectivity index (χ1v) is 6.22. The lowest BCUT2D eigenvalue weighted by Gasteiger charge is -2.05. The maximum atomic E-state index is 11.8. The van der Waals surface area contributed by atoms with Gasteiger partial charge in [0.1, 0.15) is 0 Å². The maximum absolute atomic E-state index is 11.8. The van der Waals surface area contributed by atoms with Crippen LogP contribution in [-0.2, 0) is 0 Å². The van der Waals surface area contributed by atoms with Crippen LogP contribution in [-0.4, -0.2) is 23.7 Å². The van der Waals surface area contributed by atoms with Crippen molar-refractivity contribution >= 4 is 5.91 Å². The van der Waals surface area contributed by atoms with Gasteiger partial charge in [0.05, 0.1) is 6.61 Å². The lowest BCUT2D eigenvalue weighted by Crippen LogP contribution is -2.25. The zero-order valence-corrected chi connectivity index (χ0v) is 10.5. The molecule has 3 nitrogen and oxygen atoms in total. The van der Waals surface area contributed by atoms with E-state index >= 15 is 0 Å². The Hall–Kier alpha value is -1.79. The minimum atomic E-state index is -0.00420. The first-order valence-electron chi connectivity index (χ1n) is 6.22. The molecule has 1 aliphatic carbocycles. The predicted molar refractivity (Wildman–Crippen MR) is 70.2 cm³/mol. The molecule has 3 heteroatoms. The fourth-order valence-electron chi connectivity index (χ4n) is 1.66. The van der Waals surface area contributed by atoms with Gasteiger partial charge in [-0.15, -0.1) is 0 Å². The number of rotatable bonds is 3. The van der Waals surface area contributed by atoms with Gasteiger partial charge in [0.25, 0.3) is 5.91 Å². The van der Waals surface area contributed by atoms with Crippen LogP contribution in [0.25, 0.3) is 0 Å². The molecule has 1 aromatic carbocycles. The van der Waals surface area contributed by atoms with Gasteiger partial charge in [-0.3, -0.25) is 4.79 Å². The summed E-state index contributed by atoms with van der Waals surface area (Å²) < 4.78 is 0. The number of aliphatic hydroxyl groups excluding tert-OH is 1. The monoisotopic (exact) mass is 243 g/mol. The van der Waals surface area contributed by atoms with Crippen LogP contribution in [0, 0.1) is 18.8 Å². The van der Waals surface area contributed by atoms with Crippen LogP contribution in [0.2, 0.25) is 0 Å². The van der Waals surface area contributed by atoms with E-state index in [-0.39, 0.29) is 12.5 Å². The summed E-state index contributed by atoms with van der Waals surface area (Å²) in [6, 6.07) is 5.90. The number of hydrogen-bond donors (Lipinski definition) is 2. The van der Waals surface area contributed by atoms with E-state index < -0.39 is 0 Å². The van der Waals surface area contributed by atoms with E-state index in [0.717, 1.165) is 24.0 Å². The van der Waals surface area contributed by atoms with Crippen LogP contribution in [0.15, 0.2) is 18.2 Å². The van der Waals surface area contributed by atoms with Crippen molar-refractivity contribution < 1.29 is 9.90 Å². The molecule has 1 amide bonds. The summed E-state index contributed by atoms with van der Waals surface area (Å²) in [5, 5.41) is 11.6. The summed E-state index contributed by atoms with van der Waals surface area (Å²) in [5.74, 6) is 5.87. The van der Waals surface area contributed by atoms with Crippen molar-refractivity contribution in [2.75, 3.05) is 6.61 Å². The van der Waals surface area contributed by atoms with Gasteiger partial charge in [0.15, 0.2) is 0 Å². The second-order valence-corrected chi connectivity index (χ2v) is 4.55. The van der Waals surface area contributed by atoms with Gasteiger partial charge in [-0.05, 0) is 43.5 Å². The molecule has 0 saturated heterocycles. The molecule has 0 heterocycles. The molecule has 1 aromatic rings. The smallest absolute Gasteiger partial charge is 0.251 e. The Balaban J connectivity index is 2.09. The maximum Gasteiger partial charge on any atom is 0.251 e. The normalized spacial score (nSPS) is 13.7. The SMILES string of the molecule is Cc1cc(C(=O)NC2CC2)ccc1C#CCCO. The van der Waals surface area contributed by atoms with Gasteiger partial charge < -0.3 is 10.4 Å². The van der Waals surface area contributed by atoms with Crippen molar-refractivity contribution in [3.8, 4) is 11.8 Å². The van der Waals surface area contributed by atoms with Crippen LogP contribution < -0.4 is 5.32 Å². The van der Waals surface area contributed by atoms with Gasteiger partial charge in [0.2, 0.25) is 0 Å².